The molecule has 6 rings (SSSR count). The summed E-state index contributed by atoms with van der Waals surface area (Å²) in [4.78, 5) is 0. The van der Waals surface area contributed by atoms with Crippen molar-refractivity contribution in [3.8, 4) is 0 Å². The van der Waals surface area contributed by atoms with Crippen LogP contribution in [0.15, 0.2) is 59.5 Å². The SMILES string of the molecule is C[CH2][Zr+2]([CH]1C2=C(B2)c2ccccc21)[CH]1C2=C(B2)c2ccccc21.[Cl-].[Cl-]. The smallest absolute Gasteiger partial charge is 1.00 e. The Balaban J connectivity index is 0.000000784. The number of rotatable bonds is 3. The third-order valence-corrected chi connectivity index (χ3v) is 15.2. The zero-order chi connectivity index (χ0) is 15.1. The molecule has 25 heavy (non-hydrogen) atoms. The molecule has 2 aliphatic carbocycles. The van der Waals surface area contributed by atoms with Gasteiger partial charge in [-0.2, -0.15) is 0 Å². The summed E-state index contributed by atoms with van der Waals surface area (Å²) in [6, 6.07) is 18.6. The van der Waals surface area contributed by atoms with Crippen LogP contribution in [0.2, 0.25) is 4.13 Å². The van der Waals surface area contributed by atoms with Crippen LogP contribution >= 0.6 is 0 Å². The van der Waals surface area contributed by atoms with Crippen LogP contribution in [0.1, 0.15) is 36.4 Å². The maximum atomic E-state index is 2.49. The van der Waals surface area contributed by atoms with Gasteiger partial charge in [-0.25, -0.2) is 0 Å². The first-order valence-corrected chi connectivity index (χ1v) is 13.4. The van der Waals surface area contributed by atoms with E-state index in [4.69, 9.17) is 0 Å². The largest absolute Gasteiger partial charge is 1.00 e. The average Bonchev–Trinajstić information content (AvgIpc) is 3.50. The number of hydrogen-bond donors (Lipinski definition) is 0. The van der Waals surface area contributed by atoms with E-state index < -0.39 is 21.8 Å². The van der Waals surface area contributed by atoms with Gasteiger partial charge in [0.2, 0.25) is 0 Å². The number of halogens is 2. The summed E-state index contributed by atoms with van der Waals surface area (Å²) in [6.45, 7) is 2.49. The Labute approximate surface area is 171 Å². The average molecular weight is 441 g/mol. The summed E-state index contributed by atoms with van der Waals surface area (Å²) < 4.78 is 3.21. The van der Waals surface area contributed by atoms with E-state index in [1.807, 2.05) is 10.9 Å². The molecule has 0 radical (unpaired) electrons. The molecule has 0 saturated carbocycles. The van der Waals surface area contributed by atoms with Crippen LogP contribution in [-0.4, -0.2) is 14.6 Å². The quantitative estimate of drug-likeness (QED) is 0.475. The second-order valence-electron chi connectivity index (χ2n) is 7.33. The minimum atomic E-state index is -1.64. The van der Waals surface area contributed by atoms with Gasteiger partial charge in [0.05, 0.1) is 0 Å². The summed E-state index contributed by atoms with van der Waals surface area (Å²) in [5.74, 6) is 0. The zero-order valence-electron chi connectivity index (χ0n) is 14.2. The van der Waals surface area contributed by atoms with Crippen molar-refractivity contribution in [3.05, 3.63) is 81.7 Å². The molecule has 0 amide bonds. The first-order chi connectivity index (χ1) is 11.4. The molecule has 0 aromatic heterocycles. The predicted molar refractivity (Wildman–Crippen MR) is 97.0 cm³/mol. The molecule has 2 heterocycles. The first kappa shape index (κ1) is 17.9. The van der Waals surface area contributed by atoms with E-state index in [0.717, 1.165) is 7.25 Å². The summed E-state index contributed by atoms with van der Waals surface area (Å²) in [6.07, 6.45) is 0. The first-order valence-electron chi connectivity index (χ1n) is 8.86. The van der Waals surface area contributed by atoms with Gasteiger partial charge in [-0.3, -0.25) is 0 Å². The molecule has 2 unspecified atom stereocenters. The molecule has 5 heteroatoms. The molecular weight excluding hydrogens is 424 g/mol. The van der Waals surface area contributed by atoms with Crippen molar-refractivity contribution in [2.45, 2.75) is 18.3 Å². The molecule has 0 spiro atoms. The third kappa shape index (κ3) is 2.39. The zero-order valence-corrected chi connectivity index (χ0v) is 18.1. The minimum Gasteiger partial charge on any atom is -1.00 e. The fraction of sp³-hybridized carbons (Fsp3) is 0.200. The second-order valence-corrected chi connectivity index (χ2v) is 14.7. The molecule has 2 aromatic carbocycles. The van der Waals surface area contributed by atoms with Crippen molar-refractivity contribution in [1.29, 1.82) is 0 Å². The normalized spacial score (nSPS) is 22.4. The van der Waals surface area contributed by atoms with Crippen molar-refractivity contribution < 1.29 is 46.6 Å². The van der Waals surface area contributed by atoms with Crippen molar-refractivity contribution in [2.24, 2.45) is 0 Å². The molecule has 2 aliphatic heterocycles. The molecule has 0 N–H and O–H groups in total. The topological polar surface area (TPSA) is 0 Å². The summed E-state index contributed by atoms with van der Waals surface area (Å²) >= 11 is -1.64. The third-order valence-electron chi connectivity index (χ3n) is 6.30. The van der Waals surface area contributed by atoms with Gasteiger partial charge in [0.25, 0.3) is 0 Å². The van der Waals surface area contributed by atoms with E-state index in [0.29, 0.717) is 0 Å². The molecule has 4 aliphatic rings. The Hall–Kier alpha value is -0.487. The minimum absolute atomic E-state index is 0. The fourth-order valence-electron chi connectivity index (χ4n) is 5.23. The molecule has 2 aromatic rings. The van der Waals surface area contributed by atoms with E-state index in [-0.39, 0.29) is 24.8 Å². The Kier molecular flexibility index (Phi) is 4.51. The van der Waals surface area contributed by atoms with Crippen molar-refractivity contribution in [1.82, 2.24) is 0 Å². The van der Waals surface area contributed by atoms with Gasteiger partial charge in [0, 0.05) is 0 Å². The standard InChI is InChI=1S/2C9H6B.C2H5.2ClH.Zr/c2*1-2-4-7-6(3-1)5-8-9(7)10-8;1-2;;;/h2*1-5,10H;1H2,2H3;2*1H;/q;;;;;+2/p-2. The van der Waals surface area contributed by atoms with Crippen LogP contribution < -0.4 is 24.8 Å². The summed E-state index contributed by atoms with van der Waals surface area (Å²) in [7, 11) is 2.65. The van der Waals surface area contributed by atoms with E-state index >= 15 is 0 Å². The van der Waals surface area contributed by atoms with Crippen LogP contribution in [0.25, 0.3) is 10.9 Å². The Morgan fingerprint density at radius 2 is 1.20 bits per heavy atom. The second kappa shape index (κ2) is 6.29. The maximum Gasteiger partial charge on any atom is -1.00 e. The van der Waals surface area contributed by atoms with Gasteiger partial charge in [0.1, 0.15) is 0 Å². The number of benzene rings is 2. The van der Waals surface area contributed by atoms with E-state index in [2.05, 4.69) is 55.5 Å². The number of allylic oxidation sites excluding steroid dienone is 2. The Morgan fingerprint density at radius 1 is 0.760 bits per heavy atom. The number of hydrogen-bond acceptors (Lipinski definition) is 0. The Morgan fingerprint density at radius 3 is 1.64 bits per heavy atom. The van der Waals surface area contributed by atoms with Crippen LogP contribution in [0, 0.1) is 0 Å². The maximum absolute atomic E-state index is 2.49. The van der Waals surface area contributed by atoms with Crippen molar-refractivity contribution >= 4 is 25.5 Å². The molecular formula is C20H17B2Cl2Zr. The van der Waals surface area contributed by atoms with E-state index in [1.165, 1.54) is 18.7 Å². The molecule has 121 valence electrons. The monoisotopic (exact) mass is 439 g/mol. The molecule has 0 bridgehead atoms. The van der Waals surface area contributed by atoms with Gasteiger partial charge < -0.3 is 24.8 Å². The van der Waals surface area contributed by atoms with Crippen LogP contribution in [-0.2, 0) is 21.8 Å². The van der Waals surface area contributed by atoms with Gasteiger partial charge in [-0.05, 0) is 0 Å². The van der Waals surface area contributed by atoms with Gasteiger partial charge >= 0.3 is 147 Å². The predicted octanol–water partition coefficient (Wildman–Crippen LogP) is -2.20. The summed E-state index contributed by atoms with van der Waals surface area (Å²) in [5.41, 5.74) is 13.7. The van der Waals surface area contributed by atoms with Gasteiger partial charge in [-0.1, -0.05) is 0 Å². The number of fused-ring (bicyclic) bond motifs is 4. The molecule has 2 atom stereocenters. The fourth-order valence-corrected chi connectivity index (χ4v) is 14.8. The van der Waals surface area contributed by atoms with Crippen LogP contribution in [0.3, 0.4) is 0 Å². The van der Waals surface area contributed by atoms with Crippen LogP contribution in [0.4, 0.5) is 0 Å². The van der Waals surface area contributed by atoms with Gasteiger partial charge in [0.15, 0.2) is 0 Å². The summed E-state index contributed by atoms with van der Waals surface area (Å²) in [5, 5.41) is 0. The van der Waals surface area contributed by atoms with Gasteiger partial charge in [-0.15, -0.1) is 0 Å². The van der Waals surface area contributed by atoms with Crippen LogP contribution in [0.5, 0.6) is 0 Å². The Bertz CT molecular complexity index is 875. The van der Waals surface area contributed by atoms with Crippen molar-refractivity contribution in [2.75, 3.05) is 0 Å². The molecule has 0 fully saturated rings. The van der Waals surface area contributed by atoms with E-state index in [9.17, 15) is 0 Å². The molecule has 0 nitrogen and oxygen atoms in total. The van der Waals surface area contributed by atoms with Crippen molar-refractivity contribution in [3.63, 3.8) is 0 Å². The molecule has 0 saturated heterocycles. The van der Waals surface area contributed by atoms with E-state index in [1.54, 1.807) is 33.2 Å².